The van der Waals surface area contributed by atoms with Gasteiger partial charge in [-0.3, -0.25) is 9.59 Å². The Morgan fingerprint density at radius 2 is 1.87 bits per heavy atom. The summed E-state index contributed by atoms with van der Waals surface area (Å²) in [6.45, 7) is 0. The molecule has 1 aromatic rings. The number of halogens is 1. The van der Waals surface area contributed by atoms with Crippen LogP contribution in [0.25, 0.3) is 0 Å². The van der Waals surface area contributed by atoms with Crippen molar-refractivity contribution in [1.82, 2.24) is 0 Å². The predicted octanol–water partition coefficient (Wildman–Crippen LogP) is 1.20. The monoisotopic (exact) mass is 206 g/mol. The molecule has 0 fully saturated rings. The van der Waals surface area contributed by atoms with Crippen LogP contribution < -0.4 is 10.6 Å². The lowest BCUT2D eigenvalue weighted by molar-refractivity contribution is -0.122. The Morgan fingerprint density at radius 3 is 2.60 bits per heavy atom. The molecule has 1 unspecified atom stereocenters. The lowest BCUT2D eigenvalue weighted by Crippen LogP contribution is -2.25. The fourth-order valence-corrected chi connectivity index (χ4v) is 2.13. The van der Waals surface area contributed by atoms with E-state index in [-0.39, 0.29) is 18.2 Å². The van der Waals surface area contributed by atoms with Gasteiger partial charge in [-0.05, 0) is 12.1 Å². The Morgan fingerprint density at radius 1 is 1.20 bits per heavy atom. The standard InChI is InChI=1S/C10H7FN2O2/c11-4-1-6-9-5(3-8(14)12-6)10(15)13-7(9)2-4/h1-2,5H,3H2,(H,12,14)(H,13,15). The number of benzene rings is 1. The summed E-state index contributed by atoms with van der Waals surface area (Å²) in [6.07, 6.45) is 0.136. The minimum atomic E-state index is -0.466. The molecule has 0 radical (unpaired) electrons. The van der Waals surface area contributed by atoms with E-state index >= 15 is 0 Å². The minimum Gasteiger partial charge on any atom is -0.326 e. The molecule has 2 heterocycles. The molecule has 15 heavy (non-hydrogen) atoms. The van der Waals surface area contributed by atoms with Crippen molar-refractivity contribution < 1.29 is 14.0 Å². The van der Waals surface area contributed by atoms with E-state index in [2.05, 4.69) is 10.6 Å². The third kappa shape index (κ3) is 1.06. The Balaban J connectivity index is 2.26. The van der Waals surface area contributed by atoms with E-state index < -0.39 is 11.7 Å². The zero-order valence-electron chi connectivity index (χ0n) is 7.63. The Hall–Kier alpha value is -1.91. The van der Waals surface area contributed by atoms with Crippen LogP contribution in [0.3, 0.4) is 0 Å². The second kappa shape index (κ2) is 2.56. The molecule has 1 aromatic carbocycles. The summed E-state index contributed by atoms with van der Waals surface area (Å²) in [5.41, 5.74) is 1.59. The second-order valence-electron chi connectivity index (χ2n) is 3.71. The van der Waals surface area contributed by atoms with Crippen molar-refractivity contribution in [2.75, 3.05) is 10.6 Å². The number of rotatable bonds is 0. The fraction of sp³-hybridized carbons (Fsp3) is 0.200. The van der Waals surface area contributed by atoms with E-state index in [1.165, 1.54) is 12.1 Å². The summed E-state index contributed by atoms with van der Waals surface area (Å²) in [6, 6.07) is 2.51. The number of carbonyl (C=O) groups is 2. The predicted molar refractivity (Wildman–Crippen MR) is 51.0 cm³/mol. The highest BCUT2D eigenvalue weighted by atomic mass is 19.1. The lowest BCUT2D eigenvalue weighted by atomic mass is 9.92. The lowest BCUT2D eigenvalue weighted by Gasteiger charge is -2.19. The van der Waals surface area contributed by atoms with Gasteiger partial charge in [0.25, 0.3) is 0 Å². The van der Waals surface area contributed by atoms with Gasteiger partial charge in [-0.2, -0.15) is 0 Å². The molecule has 1 atom stereocenters. The highest BCUT2D eigenvalue weighted by Gasteiger charge is 2.38. The van der Waals surface area contributed by atoms with Crippen molar-refractivity contribution in [3.8, 4) is 0 Å². The highest BCUT2D eigenvalue weighted by Crippen LogP contribution is 2.43. The minimum absolute atomic E-state index is 0.136. The molecule has 76 valence electrons. The molecule has 0 bridgehead atoms. The number of nitrogens with one attached hydrogen (secondary N) is 2. The van der Waals surface area contributed by atoms with E-state index in [4.69, 9.17) is 0 Å². The van der Waals surface area contributed by atoms with Gasteiger partial charge in [0.05, 0.1) is 5.92 Å². The summed E-state index contributed by atoms with van der Waals surface area (Å²) in [5, 5.41) is 5.13. The molecule has 0 aliphatic carbocycles. The maximum Gasteiger partial charge on any atom is 0.232 e. The number of hydrogen-bond acceptors (Lipinski definition) is 2. The van der Waals surface area contributed by atoms with Crippen molar-refractivity contribution in [2.45, 2.75) is 12.3 Å². The molecule has 2 aliphatic rings. The second-order valence-corrected chi connectivity index (χ2v) is 3.71. The van der Waals surface area contributed by atoms with Gasteiger partial charge >= 0.3 is 0 Å². The number of amides is 2. The van der Waals surface area contributed by atoms with E-state index in [1.807, 2.05) is 0 Å². The highest BCUT2D eigenvalue weighted by molar-refractivity contribution is 6.11. The molecule has 3 rings (SSSR count). The number of hydrogen-bond donors (Lipinski definition) is 2. The van der Waals surface area contributed by atoms with E-state index in [1.54, 1.807) is 0 Å². The summed E-state index contributed by atoms with van der Waals surface area (Å²) < 4.78 is 13.1. The van der Waals surface area contributed by atoms with E-state index in [0.29, 0.717) is 16.9 Å². The molecule has 2 amide bonds. The molecule has 0 saturated carbocycles. The molecule has 2 aliphatic heterocycles. The van der Waals surface area contributed by atoms with Gasteiger partial charge in [0.1, 0.15) is 5.82 Å². The first-order valence-corrected chi connectivity index (χ1v) is 4.59. The van der Waals surface area contributed by atoms with Crippen LogP contribution in [-0.2, 0) is 9.59 Å². The first-order valence-electron chi connectivity index (χ1n) is 4.59. The molecular weight excluding hydrogens is 199 g/mol. The van der Waals surface area contributed by atoms with Crippen LogP contribution in [0, 0.1) is 5.82 Å². The maximum absolute atomic E-state index is 13.1. The Bertz CT molecular complexity index is 498. The number of carbonyl (C=O) groups excluding carboxylic acids is 2. The van der Waals surface area contributed by atoms with E-state index in [0.717, 1.165) is 0 Å². The van der Waals surface area contributed by atoms with Gasteiger partial charge in [-0.1, -0.05) is 0 Å². The Kier molecular flexibility index (Phi) is 1.44. The summed E-state index contributed by atoms with van der Waals surface area (Å²) in [7, 11) is 0. The van der Waals surface area contributed by atoms with Crippen LogP contribution >= 0.6 is 0 Å². The molecule has 2 N–H and O–H groups in total. The van der Waals surface area contributed by atoms with Crippen molar-refractivity contribution in [3.05, 3.63) is 23.5 Å². The molecule has 0 aromatic heterocycles. The van der Waals surface area contributed by atoms with Crippen molar-refractivity contribution in [2.24, 2.45) is 0 Å². The van der Waals surface area contributed by atoms with Crippen molar-refractivity contribution >= 4 is 23.2 Å². The van der Waals surface area contributed by atoms with Crippen LogP contribution in [0.2, 0.25) is 0 Å². The Labute approximate surface area is 84.5 Å². The zero-order valence-corrected chi connectivity index (χ0v) is 7.63. The average molecular weight is 206 g/mol. The summed E-state index contributed by atoms with van der Waals surface area (Å²) in [4.78, 5) is 22.8. The molecule has 0 saturated heterocycles. The first kappa shape index (κ1) is 8.40. The first-order chi connectivity index (χ1) is 7.15. The van der Waals surface area contributed by atoms with Gasteiger partial charge < -0.3 is 10.6 Å². The smallest absolute Gasteiger partial charge is 0.232 e. The van der Waals surface area contributed by atoms with Crippen LogP contribution in [0.1, 0.15) is 17.9 Å². The molecule has 0 spiro atoms. The van der Waals surface area contributed by atoms with Gasteiger partial charge in [0.15, 0.2) is 0 Å². The SMILES string of the molecule is O=C1CC2C(=O)Nc3cc(F)cc(c32)N1. The molecular formula is C10H7FN2O2. The van der Waals surface area contributed by atoms with Crippen molar-refractivity contribution in [3.63, 3.8) is 0 Å². The average Bonchev–Trinajstić information content (AvgIpc) is 2.43. The third-order valence-corrected chi connectivity index (χ3v) is 2.73. The van der Waals surface area contributed by atoms with Gasteiger partial charge in [-0.25, -0.2) is 4.39 Å². The van der Waals surface area contributed by atoms with Gasteiger partial charge in [0, 0.05) is 23.4 Å². The van der Waals surface area contributed by atoms with Crippen LogP contribution in [0.15, 0.2) is 12.1 Å². The fourth-order valence-electron chi connectivity index (χ4n) is 2.13. The van der Waals surface area contributed by atoms with Crippen LogP contribution in [0.4, 0.5) is 15.8 Å². The van der Waals surface area contributed by atoms with Gasteiger partial charge in [0.2, 0.25) is 11.8 Å². The summed E-state index contributed by atoms with van der Waals surface area (Å²) in [5.74, 6) is -1.40. The molecule has 5 heteroatoms. The quantitative estimate of drug-likeness (QED) is 0.670. The van der Waals surface area contributed by atoms with Crippen LogP contribution in [-0.4, -0.2) is 11.8 Å². The summed E-state index contributed by atoms with van der Waals surface area (Å²) >= 11 is 0. The van der Waals surface area contributed by atoms with Crippen LogP contribution in [0.5, 0.6) is 0 Å². The topological polar surface area (TPSA) is 58.2 Å². The number of anilines is 2. The third-order valence-electron chi connectivity index (χ3n) is 2.73. The van der Waals surface area contributed by atoms with Gasteiger partial charge in [-0.15, -0.1) is 0 Å². The maximum atomic E-state index is 13.1. The normalized spacial score (nSPS) is 22.1. The van der Waals surface area contributed by atoms with E-state index in [9.17, 15) is 14.0 Å². The largest absolute Gasteiger partial charge is 0.326 e. The van der Waals surface area contributed by atoms with Crippen molar-refractivity contribution in [1.29, 1.82) is 0 Å². The molecule has 4 nitrogen and oxygen atoms in total. The zero-order chi connectivity index (χ0) is 10.6.